The van der Waals surface area contributed by atoms with E-state index >= 15 is 0 Å². The van der Waals surface area contributed by atoms with E-state index in [1.807, 2.05) is 0 Å². The molecule has 0 bridgehead atoms. The van der Waals surface area contributed by atoms with E-state index in [1.165, 1.54) is 38.8 Å². The third-order valence-corrected chi connectivity index (χ3v) is 6.97. The molecule has 2 heterocycles. The van der Waals surface area contributed by atoms with Gasteiger partial charge in [0.1, 0.15) is 0 Å². The molecular weight excluding hydrogens is 359 g/mol. The van der Waals surface area contributed by atoms with E-state index in [-0.39, 0.29) is 0 Å². The van der Waals surface area contributed by atoms with Crippen LogP contribution in [0.25, 0.3) is 0 Å². The first-order valence-electron chi connectivity index (χ1n) is 8.13. The minimum Gasteiger partial charge on any atom is -0.292 e. The number of halogens is 1. The molecule has 2 fully saturated rings. The molecule has 0 amide bonds. The summed E-state index contributed by atoms with van der Waals surface area (Å²) in [5, 5.41) is 0. The highest BCUT2D eigenvalue weighted by Crippen LogP contribution is 2.45. The van der Waals surface area contributed by atoms with Crippen LogP contribution in [0.3, 0.4) is 0 Å². The fraction of sp³-hybridized carbons (Fsp3) is 1.00. The SMILES string of the molecule is CC1(C)CCC(C)(C)N1CCN1C(C)(C)CCC1(C)I. The van der Waals surface area contributed by atoms with Gasteiger partial charge in [-0.15, -0.1) is 0 Å². The lowest BCUT2D eigenvalue weighted by Crippen LogP contribution is -2.55. The highest BCUT2D eigenvalue weighted by molar-refractivity contribution is 14.1. The molecule has 3 heteroatoms. The maximum Gasteiger partial charge on any atom is 0.0707 e. The monoisotopic (exact) mass is 392 g/mol. The largest absolute Gasteiger partial charge is 0.292 e. The number of rotatable bonds is 3. The van der Waals surface area contributed by atoms with Gasteiger partial charge in [-0.1, -0.05) is 22.6 Å². The fourth-order valence-corrected chi connectivity index (χ4v) is 5.64. The highest BCUT2D eigenvalue weighted by Gasteiger charge is 2.48. The minimum absolute atomic E-state index is 0.329. The summed E-state index contributed by atoms with van der Waals surface area (Å²) in [5.41, 5.74) is 1.06. The highest BCUT2D eigenvalue weighted by atomic mass is 127. The van der Waals surface area contributed by atoms with Crippen molar-refractivity contribution in [3.05, 3.63) is 0 Å². The third kappa shape index (κ3) is 3.05. The van der Waals surface area contributed by atoms with Gasteiger partial charge in [-0.3, -0.25) is 9.80 Å². The van der Waals surface area contributed by atoms with Crippen LogP contribution in [0.2, 0.25) is 0 Å². The molecule has 2 rings (SSSR count). The normalized spacial score (nSPS) is 36.6. The number of alkyl halides is 1. The van der Waals surface area contributed by atoms with Gasteiger partial charge < -0.3 is 0 Å². The first-order valence-corrected chi connectivity index (χ1v) is 9.21. The van der Waals surface area contributed by atoms with E-state index < -0.39 is 0 Å². The molecule has 1 atom stereocenters. The fourth-order valence-electron chi connectivity index (χ4n) is 4.48. The Morgan fingerprint density at radius 1 is 0.650 bits per heavy atom. The first kappa shape index (κ1) is 17.0. The van der Waals surface area contributed by atoms with Crippen LogP contribution in [0.1, 0.15) is 74.1 Å². The van der Waals surface area contributed by atoms with Crippen molar-refractivity contribution in [1.82, 2.24) is 9.80 Å². The maximum absolute atomic E-state index is 2.75. The molecule has 2 nitrogen and oxygen atoms in total. The Labute approximate surface area is 139 Å². The van der Waals surface area contributed by atoms with Crippen molar-refractivity contribution in [3.63, 3.8) is 0 Å². The summed E-state index contributed by atoms with van der Waals surface area (Å²) in [5.74, 6) is 0. The Kier molecular flexibility index (Phi) is 4.33. The van der Waals surface area contributed by atoms with Crippen LogP contribution >= 0.6 is 22.6 Å². The van der Waals surface area contributed by atoms with Crippen molar-refractivity contribution in [2.75, 3.05) is 13.1 Å². The molecule has 2 aliphatic rings. The van der Waals surface area contributed by atoms with Gasteiger partial charge in [0, 0.05) is 29.7 Å². The van der Waals surface area contributed by atoms with Crippen LogP contribution in [-0.2, 0) is 0 Å². The van der Waals surface area contributed by atoms with Crippen molar-refractivity contribution in [2.24, 2.45) is 0 Å². The average molecular weight is 392 g/mol. The van der Waals surface area contributed by atoms with Crippen LogP contribution in [0, 0.1) is 0 Å². The summed E-state index contributed by atoms with van der Waals surface area (Å²) in [6.07, 6.45) is 5.28. The van der Waals surface area contributed by atoms with Crippen molar-refractivity contribution in [2.45, 2.75) is 94.3 Å². The van der Waals surface area contributed by atoms with Crippen LogP contribution in [0.5, 0.6) is 0 Å². The van der Waals surface area contributed by atoms with Crippen LogP contribution in [0.4, 0.5) is 0 Å². The van der Waals surface area contributed by atoms with Gasteiger partial charge in [-0.05, 0) is 74.1 Å². The van der Waals surface area contributed by atoms with Gasteiger partial charge in [-0.25, -0.2) is 0 Å². The molecule has 2 saturated heterocycles. The summed E-state index contributed by atoms with van der Waals surface area (Å²) >= 11 is 2.67. The molecule has 0 aromatic carbocycles. The molecule has 118 valence electrons. The summed E-state index contributed by atoms with van der Waals surface area (Å²) in [6, 6.07) is 0. The molecule has 1 unspecified atom stereocenters. The Morgan fingerprint density at radius 2 is 1.00 bits per heavy atom. The predicted octanol–water partition coefficient (Wildman–Crippen LogP) is 4.67. The lowest BCUT2D eigenvalue weighted by Gasteiger charge is -2.45. The zero-order chi connectivity index (χ0) is 15.4. The van der Waals surface area contributed by atoms with E-state index in [1.54, 1.807) is 0 Å². The summed E-state index contributed by atoms with van der Waals surface area (Å²) in [7, 11) is 0. The zero-order valence-electron chi connectivity index (χ0n) is 14.5. The molecular formula is C17H33IN2. The first-order chi connectivity index (χ1) is 8.89. The Balaban J connectivity index is 2.08. The number of nitrogens with zero attached hydrogens (tertiary/aromatic N) is 2. The third-order valence-electron chi connectivity index (χ3n) is 5.84. The molecule has 0 aliphatic carbocycles. The molecule has 20 heavy (non-hydrogen) atoms. The van der Waals surface area contributed by atoms with Crippen molar-refractivity contribution < 1.29 is 0 Å². The lowest BCUT2D eigenvalue weighted by molar-refractivity contribution is 0.0421. The second-order valence-electron chi connectivity index (χ2n) is 8.88. The van der Waals surface area contributed by atoms with Crippen LogP contribution in [-0.4, -0.2) is 43.1 Å². The van der Waals surface area contributed by atoms with Gasteiger partial charge in [0.25, 0.3) is 0 Å². The second-order valence-corrected chi connectivity index (χ2v) is 11.2. The van der Waals surface area contributed by atoms with Crippen molar-refractivity contribution >= 4 is 22.6 Å². The Bertz CT molecular complexity index is 303. The minimum atomic E-state index is 0.329. The van der Waals surface area contributed by atoms with E-state index in [9.17, 15) is 0 Å². The summed E-state index contributed by atoms with van der Waals surface area (Å²) in [4.78, 5) is 5.49. The van der Waals surface area contributed by atoms with Crippen LogP contribution < -0.4 is 0 Å². The van der Waals surface area contributed by atoms with Crippen molar-refractivity contribution in [3.8, 4) is 0 Å². The van der Waals surface area contributed by atoms with E-state index in [0.29, 0.717) is 20.2 Å². The second kappa shape index (κ2) is 5.09. The van der Waals surface area contributed by atoms with Gasteiger partial charge in [0.05, 0.1) is 3.55 Å². The van der Waals surface area contributed by atoms with Gasteiger partial charge in [-0.2, -0.15) is 0 Å². The summed E-state index contributed by atoms with van der Waals surface area (Å²) in [6.45, 7) is 19.3. The van der Waals surface area contributed by atoms with E-state index in [2.05, 4.69) is 80.9 Å². The number of hydrogen-bond donors (Lipinski definition) is 0. The molecule has 0 aromatic heterocycles. The van der Waals surface area contributed by atoms with Crippen LogP contribution in [0.15, 0.2) is 0 Å². The van der Waals surface area contributed by atoms with E-state index in [4.69, 9.17) is 0 Å². The Hall–Kier alpha value is 0.650. The maximum atomic E-state index is 2.75. The quantitative estimate of drug-likeness (QED) is 0.391. The van der Waals surface area contributed by atoms with E-state index in [0.717, 1.165) is 0 Å². The smallest absolute Gasteiger partial charge is 0.0707 e. The topological polar surface area (TPSA) is 6.48 Å². The Morgan fingerprint density at radius 3 is 1.40 bits per heavy atom. The van der Waals surface area contributed by atoms with Gasteiger partial charge in [0.2, 0.25) is 0 Å². The number of hydrogen-bond acceptors (Lipinski definition) is 2. The molecule has 0 radical (unpaired) electrons. The molecule has 2 aliphatic heterocycles. The zero-order valence-corrected chi connectivity index (χ0v) is 16.7. The molecule has 0 N–H and O–H groups in total. The summed E-state index contributed by atoms with van der Waals surface area (Å²) < 4.78 is 0.329. The molecule has 0 saturated carbocycles. The molecule has 0 aromatic rings. The number of likely N-dealkylation sites (tertiary alicyclic amines) is 2. The molecule has 0 spiro atoms. The van der Waals surface area contributed by atoms with Gasteiger partial charge in [0.15, 0.2) is 0 Å². The van der Waals surface area contributed by atoms with Gasteiger partial charge >= 0.3 is 0 Å². The standard InChI is InChI=1S/C17H33IN2/c1-14(2)8-9-15(3,4)19(14)12-13-20-16(5,6)10-11-17(20,7)18/h8-13H2,1-7H3. The lowest BCUT2D eigenvalue weighted by atomic mass is 10.0. The predicted molar refractivity (Wildman–Crippen MR) is 96.5 cm³/mol. The average Bonchev–Trinajstić information content (AvgIpc) is 2.60. The van der Waals surface area contributed by atoms with Crippen molar-refractivity contribution in [1.29, 1.82) is 0 Å².